The molecule has 26 heavy (non-hydrogen) atoms. The third-order valence-corrected chi connectivity index (χ3v) is 5.57. The first-order valence-corrected chi connectivity index (χ1v) is 8.49. The summed E-state index contributed by atoms with van der Waals surface area (Å²) in [4.78, 5) is 6.76. The molecule has 1 N–H and O–H groups in total. The van der Waals surface area contributed by atoms with Gasteiger partial charge in [-0.25, -0.2) is 0 Å². The van der Waals surface area contributed by atoms with E-state index >= 15 is 0 Å². The van der Waals surface area contributed by atoms with Crippen LogP contribution in [0.3, 0.4) is 0 Å². The molecule has 0 aromatic heterocycles. The zero-order chi connectivity index (χ0) is 18.8. The van der Waals surface area contributed by atoms with E-state index in [2.05, 4.69) is 42.9 Å². The fraction of sp³-hybridized carbons (Fsp3) is 0.632. The highest BCUT2D eigenvalue weighted by Crippen LogP contribution is 2.46. The number of hydrogen-bond acceptors (Lipinski definition) is 4. The molecular weight excluding hydrogens is 445 g/mol. The highest BCUT2D eigenvalue weighted by molar-refractivity contribution is 14.0. The summed E-state index contributed by atoms with van der Waals surface area (Å²) in [6, 6.07) is 3.86. The van der Waals surface area contributed by atoms with Crippen LogP contribution in [0, 0.1) is 5.41 Å². The summed E-state index contributed by atoms with van der Waals surface area (Å²) >= 11 is 0. The molecule has 0 aliphatic carbocycles. The van der Waals surface area contributed by atoms with Crippen molar-refractivity contribution in [2.75, 3.05) is 34.9 Å². The van der Waals surface area contributed by atoms with Gasteiger partial charge in [0.05, 0.1) is 21.3 Å². The minimum absolute atomic E-state index is 0. The van der Waals surface area contributed by atoms with Crippen molar-refractivity contribution < 1.29 is 14.2 Å². The number of guanidine groups is 1. The van der Waals surface area contributed by atoms with Crippen molar-refractivity contribution >= 4 is 29.9 Å². The molecule has 0 radical (unpaired) electrons. The number of aliphatic imine (C=N–C) groups is 1. The zero-order valence-corrected chi connectivity index (χ0v) is 19.4. The van der Waals surface area contributed by atoms with Crippen LogP contribution in [0.15, 0.2) is 17.1 Å². The van der Waals surface area contributed by atoms with Crippen LogP contribution < -0.4 is 19.5 Å². The number of hydrogen-bond donors (Lipinski definition) is 1. The van der Waals surface area contributed by atoms with Crippen molar-refractivity contribution in [3.05, 3.63) is 17.7 Å². The van der Waals surface area contributed by atoms with Crippen LogP contribution in [0.2, 0.25) is 0 Å². The Morgan fingerprint density at radius 1 is 1.08 bits per heavy atom. The topological polar surface area (TPSA) is 55.3 Å². The summed E-state index contributed by atoms with van der Waals surface area (Å²) in [5.41, 5.74) is 1.29. The van der Waals surface area contributed by atoms with Gasteiger partial charge in [0.15, 0.2) is 17.5 Å². The second-order valence-electron chi connectivity index (χ2n) is 7.42. The summed E-state index contributed by atoms with van der Waals surface area (Å²) in [7, 11) is 6.68. The molecule has 0 unspecified atom stereocenters. The number of benzene rings is 1. The minimum Gasteiger partial charge on any atom is -0.493 e. The van der Waals surface area contributed by atoms with Crippen molar-refractivity contribution in [2.24, 2.45) is 10.4 Å². The van der Waals surface area contributed by atoms with Gasteiger partial charge in [0, 0.05) is 36.7 Å². The van der Waals surface area contributed by atoms with Crippen LogP contribution in [-0.4, -0.2) is 51.3 Å². The molecular formula is C19H32IN3O3. The SMILES string of the molecule is CN=C(NCc1ccc(OC)c(OC)c1OC)N1CC(C)(C)C1(C)C.I. The number of nitrogens with one attached hydrogen (secondary N) is 1. The van der Waals surface area contributed by atoms with E-state index in [0.29, 0.717) is 23.8 Å². The number of halogens is 1. The summed E-state index contributed by atoms with van der Waals surface area (Å²) in [5, 5.41) is 3.44. The number of rotatable bonds is 5. The Hall–Kier alpha value is -1.38. The predicted octanol–water partition coefficient (Wildman–Crippen LogP) is 3.53. The lowest BCUT2D eigenvalue weighted by Gasteiger charge is -2.62. The van der Waals surface area contributed by atoms with E-state index in [-0.39, 0.29) is 34.9 Å². The average Bonchev–Trinajstić information content (AvgIpc) is 2.60. The molecule has 6 nitrogen and oxygen atoms in total. The van der Waals surface area contributed by atoms with Gasteiger partial charge in [-0.05, 0) is 26.0 Å². The second-order valence-corrected chi connectivity index (χ2v) is 7.42. The van der Waals surface area contributed by atoms with Gasteiger partial charge in [0.25, 0.3) is 0 Å². The monoisotopic (exact) mass is 477 g/mol. The molecule has 1 aliphatic rings. The molecule has 7 heteroatoms. The van der Waals surface area contributed by atoms with Crippen LogP contribution in [0.1, 0.15) is 33.3 Å². The van der Waals surface area contributed by atoms with E-state index in [9.17, 15) is 0 Å². The lowest BCUT2D eigenvalue weighted by Crippen LogP contribution is -2.72. The summed E-state index contributed by atoms with van der Waals surface area (Å²) in [5.74, 6) is 2.82. The van der Waals surface area contributed by atoms with E-state index in [0.717, 1.165) is 18.1 Å². The van der Waals surface area contributed by atoms with Crippen LogP contribution in [0.5, 0.6) is 17.2 Å². The molecule has 1 aromatic carbocycles. The quantitative estimate of drug-likeness (QED) is 0.400. The van der Waals surface area contributed by atoms with E-state index in [1.54, 1.807) is 21.3 Å². The van der Waals surface area contributed by atoms with Crippen molar-refractivity contribution in [2.45, 2.75) is 39.8 Å². The van der Waals surface area contributed by atoms with Gasteiger partial charge in [-0.15, -0.1) is 24.0 Å². The second kappa shape index (κ2) is 8.54. The van der Waals surface area contributed by atoms with E-state index in [4.69, 9.17) is 14.2 Å². The van der Waals surface area contributed by atoms with E-state index in [1.807, 2.05) is 19.2 Å². The van der Waals surface area contributed by atoms with Gasteiger partial charge in [-0.3, -0.25) is 4.99 Å². The molecule has 0 atom stereocenters. The van der Waals surface area contributed by atoms with Gasteiger partial charge in [-0.1, -0.05) is 13.8 Å². The fourth-order valence-corrected chi connectivity index (χ4v) is 3.17. The third-order valence-electron chi connectivity index (χ3n) is 5.57. The normalized spacial score (nSPS) is 17.7. The van der Waals surface area contributed by atoms with Crippen molar-refractivity contribution in [3.8, 4) is 17.2 Å². The molecule has 2 rings (SSSR count). The Labute approximate surface area is 174 Å². The van der Waals surface area contributed by atoms with Gasteiger partial charge in [-0.2, -0.15) is 0 Å². The fourth-order valence-electron chi connectivity index (χ4n) is 3.17. The Morgan fingerprint density at radius 3 is 2.12 bits per heavy atom. The average molecular weight is 477 g/mol. The first kappa shape index (κ1) is 22.7. The van der Waals surface area contributed by atoms with Crippen molar-refractivity contribution in [3.63, 3.8) is 0 Å². The molecule has 1 aliphatic heterocycles. The smallest absolute Gasteiger partial charge is 0.203 e. The maximum atomic E-state index is 5.55. The number of likely N-dealkylation sites (tertiary alicyclic amines) is 1. The third kappa shape index (κ3) is 3.82. The minimum atomic E-state index is 0. The Morgan fingerprint density at radius 2 is 1.69 bits per heavy atom. The predicted molar refractivity (Wildman–Crippen MR) is 116 cm³/mol. The maximum Gasteiger partial charge on any atom is 0.203 e. The Balaban J connectivity index is 0.00000338. The van der Waals surface area contributed by atoms with Gasteiger partial charge < -0.3 is 24.4 Å². The van der Waals surface area contributed by atoms with E-state index < -0.39 is 0 Å². The van der Waals surface area contributed by atoms with Gasteiger partial charge in [0.2, 0.25) is 5.75 Å². The summed E-state index contributed by atoms with van der Waals surface area (Å²) in [6.45, 7) is 10.6. The van der Waals surface area contributed by atoms with Gasteiger partial charge >= 0.3 is 0 Å². The van der Waals surface area contributed by atoms with Gasteiger partial charge in [0.1, 0.15) is 0 Å². The van der Waals surface area contributed by atoms with Crippen molar-refractivity contribution in [1.82, 2.24) is 10.2 Å². The van der Waals surface area contributed by atoms with E-state index in [1.165, 1.54) is 0 Å². The van der Waals surface area contributed by atoms with Crippen LogP contribution in [-0.2, 0) is 6.54 Å². The molecule has 0 bridgehead atoms. The molecule has 1 heterocycles. The number of ether oxygens (including phenoxy) is 3. The highest BCUT2D eigenvalue weighted by atomic mass is 127. The number of nitrogens with zero attached hydrogens (tertiary/aromatic N) is 2. The standard InChI is InChI=1S/C19H31N3O3.HI/c1-18(2)12-22(19(18,3)4)17(20-5)21-11-13-9-10-14(23-6)16(25-8)15(13)24-7;/h9-10H,11-12H2,1-8H3,(H,20,21);1H. The molecule has 0 saturated carbocycles. The summed E-state index contributed by atoms with van der Waals surface area (Å²) < 4.78 is 16.3. The Kier molecular flexibility index (Phi) is 7.44. The van der Waals surface area contributed by atoms with Crippen LogP contribution in [0.25, 0.3) is 0 Å². The van der Waals surface area contributed by atoms with Crippen molar-refractivity contribution in [1.29, 1.82) is 0 Å². The molecule has 148 valence electrons. The molecule has 1 fully saturated rings. The lowest BCUT2D eigenvalue weighted by molar-refractivity contribution is -0.0668. The Bertz CT molecular complexity index is 660. The summed E-state index contributed by atoms with van der Waals surface area (Å²) in [6.07, 6.45) is 0. The molecule has 1 saturated heterocycles. The largest absolute Gasteiger partial charge is 0.493 e. The first-order chi connectivity index (χ1) is 11.7. The van der Waals surface area contributed by atoms with Crippen LogP contribution >= 0.6 is 24.0 Å². The lowest BCUT2D eigenvalue weighted by atomic mass is 9.65. The zero-order valence-electron chi connectivity index (χ0n) is 17.1. The van der Waals surface area contributed by atoms with Crippen LogP contribution in [0.4, 0.5) is 0 Å². The first-order valence-electron chi connectivity index (χ1n) is 8.49. The highest BCUT2D eigenvalue weighted by Gasteiger charge is 2.53. The molecule has 0 spiro atoms. The molecule has 1 aromatic rings. The maximum absolute atomic E-state index is 5.55. The molecule has 0 amide bonds. The number of methoxy groups -OCH3 is 3.